The van der Waals surface area contributed by atoms with Crippen molar-refractivity contribution in [2.45, 2.75) is 18.9 Å². The number of benzene rings is 2. The van der Waals surface area contributed by atoms with Gasteiger partial charge in [0.1, 0.15) is 5.75 Å². The van der Waals surface area contributed by atoms with E-state index in [4.69, 9.17) is 4.74 Å². The average Bonchev–Trinajstić information content (AvgIpc) is 2.97. The average molecular weight is 298 g/mol. The van der Waals surface area contributed by atoms with Crippen molar-refractivity contribution in [1.29, 1.82) is 0 Å². The van der Waals surface area contributed by atoms with Crippen molar-refractivity contribution in [2.75, 3.05) is 7.11 Å². The molecule has 3 aromatic rings. The Morgan fingerprint density at radius 2 is 1.86 bits per heavy atom. The summed E-state index contributed by atoms with van der Waals surface area (Å²) >= 11 is 1.69. The van der Waals surface area contributed by atoms with Gasteiger partial charge in [-0.05, 0) is 52.9 Å². The van der Waals surface area contributed by atoms with E-state index in [-0.39, 0.29) is 0 Å². The monoisotopic (exact) mass is 298 g/mol. The summed E-state index contributed by atoms with van der Waals surface area (Å²) in [5, 5.41) is 13.7. The number of methoxy groups -OCH3 is 1. The van der Waals surface area contributed by atoms with Crippen molar-refractivity contribution in [3.63, 3.8) is 0 Å². The van der Waals surface area contributed by atoms with Crippen molar-refractivity contribution in [2.24, 2.45) is 0 Å². The number of fused-ring (bicyclic) bond motifs is 1. The van der Waals surface area contributed by atoms with Crippen molar-refractivity contribution >= 4 is 21.4 Å². The highest BCUT2D eigenvalue weighted by molar-refractivity contribution is 7.17. The lowest BCUT2D eigenvalue weighted by molar-refractivity contribution is 0.170. The number of aliphatic hydroxyl groups is 1. The first-order chi connectivity index (χ1) is 10.3. The van der Waals surface area contributed by atoms with Gasteiger partial charge in [-0.15, -0.1) is 11.3 Å². The molecule has 3 rings (SSSR count). The van der Waals surface area contributed by atoms with Crippen molar-refractivity contribution in [3.8, 4) is 5.75 Å². The molecule has 0 aliphatic carbocycles. The maximum atomic E-state index is 10.5. The molecule has 1 aromatic heterocycles. The molecule has 1 atom stereocenters. The van der Waals surface area contributed by atoms with Crippen LogP contribution in [0.25, 0.3) is 10.1 Å². The van der Waals surface area contributed by atoms with Crippen LogP contribution in [0.3, 0.4) is 0 Å². The molecular formula is C18H18O2S. The Labute approximate surface area is 128 Å². The quantitative estimate of drug-likeness (QED) is 0.747. The number of hydrogen-bond donors (Lipinski definition) is 1. The Hall–Kier alpha value is -1.84. The zero-order chi connectivity index (χ0) is 14.7. The van der Waals surface area contributed by atoms with Crippen LogP contribution in [0.15, 0.2) is 53.9 Å². The van der Waals surface area contributed by atoms with Crippen LogP contribution in [0.5, 0.6) is 5.75 Å². The summed E-state index contributed by atoms with van der Waals surface area (Å²) in [6.07, 6.45) is 1.17. The Kier molecular flexibility index (Phi) is 4.23. The predicted octanol–water partition coefficient (Wildman–Crippen LogP) is 4.58. The number of rotatable bonds is 5. The van der Waals surface area contributed by atoms with E-state index in [1.165, 1.54) is 15.6 Å². The molecule has 0 saturated heterocycles. The van der Waals surface area contributed by atoms with Crippen LogP contribution in [0.2, 0.25) is 0 Å². The van der Waals surface area contributed by atoms with Crippen LogP contribution < -0.4 is 4.74 Å². The highest BCUT2D eigenvalue weighted by atomic mass is 32.1. The van der Waals surface area contributed by atoms with Gasteiger partial charge in [0.2, 0.25) is 0 Å². The number of hydrogen-bond acceptors (Lipinski definition) is 3. The summed E-state index contributed by atoms with van der Waals surface area (Å²) < 4.78 is 6.39. The summed E-state index contributed by atoms with van der Waals surface area (Å²) in [6, 6.07) is 16.3. The molecule has 1 N–H and O–H groups in total. The molecule has 0 bridgehead atoms. The lowest BCUT2D eigenvalue weighted by Crippen LogP contribution is -1.99. The van der Waals surface area contributed by atoms with Gasteiger partial charge in [0.25, 0.3) is 0 Å². The topological polar surface area (TPSA) is 29.5 Å². The molecule has 0 saturated carbocycles. The van der Waals surface area contributed by atoms with E-state index < -0.39 is 6.10 Å². The predicted molar refractivity (Wildman–Crippen MR) is 88.1 cm³/mol. The largest absolute Gasteiger partial charge is 0.497 e. The molecular weight excluding hydrogens is 280 g/mol. The minimum absolute atomic E-state index is 0.414. The molecule has 21 heavy (non-hydrogen) atoms. The number of aryl methyl sites for hydroxylation is 1. The van der Waals surface area contributed by atoms with Crippen LogP contribution in [0, 0.1) is 0 Å². The van der Waals surface area contributed by atoms with E-state index in [1.807, 2.05) is 24.3 Å². The molecule has 0 radical (unpaired) electrons. The summed E-state index contributed by atoms with van der Waals surface area (Å²) in [6.45, 7) is 0. The van der Waals surface area contributed by atoms with E-state index in [2.05, 4.69) is 29.6 Å². The number of thiophene rings is 1. The zero-order valence-electron chi connectivity index (χ0n) is 12.0. The van der Waals surface area contributed by atoms with Crippen LogP contribution in [0.1, 0.15) is 23.7 Å². The van der Waals surface area contributed by atoms with Crippen molar-refractivity contribution < 1.29 is 9.84 Å². The van der Waals surface area contributed by atoms with Gasteiger partial charge in [0.05, 0.1) is 13.2 Å². The fraction of sp³-hybridized carbons (Fsp3) is 0.222. The third-order valence-electron chi connectivity index (χ3n) is 3.74. The maximum Gasteiger partial charge on any atom is 0.118 e. The first-order valence-electron chi connectivity index (χ1n) is 7.05. The number of aliphatic hydroxyl groups excluding tert-OH is 1. The second kappa shape index (κ2) is 6.29. The maximum absolute atomic E-state index is 10.5. The first kappa shape index (κ1) is 14.1. The third kappa shape index (κ3) is 3.09. The minimum Gasteiger partial charge on any atom is -0.497 e. The smallest absolute Gasteiger partial charge is 0.118 e. The summed E-state index contributed by atoms with van der Waals surface area (Å²) in [5.74, 6) is 0.864. The van der Waals surface area contributed by atoms with Gasteiger partial charge in [-0.1, -0.05) is 30.3 Å². The SMILES string of the molecule is COc1ccc(CCC(O)c2csc3ccccc23)cc1. The van der Waals surface area contributed by atoms with E-state index in [9.17, 15) is 5.11 Å². The Balaban J connectivity index is 1.69. The summed E-state index contributed by atoms with van der Waals surface area (Å²) in [4.78, 5) is 0. The minimum atomic E-state index is -0.414. The van der Waals surface area contributed by atoms with Gasteiger partial charge >= 0.3 is 0 Å². The Morgan fingerprint density at radius 3 is 2.62 bits per heavy atom. The molecule has 2 nitrogen and oxygen atoms in total. The lowest BCUT2D eigenvalue weighted by Gasteiger charge is -2.10. The fourth-order valence-corrected chi connectivity index (χ4v) is 3.52. The molecule has 1 heterocycles. The van der Waals surface area contributed by atoms with Gasteiger partial charge in [0, 0.05) is 4.70 Å². The van der Waals surface area contributed by atoms with E-state index >= 15 is 0 Å². The molecule has 108 valence electrons. The summed E-state index contributed by atoms with van der Waals surface area (Å²) in [7, 11) is 1.67. The van der Waals surface area contributed by atoms with Gasteiger partial charge in [-0.2, -0.15) is 0 Å². The second-order valence-corrected chi connectivity index (χ2v) is 6.00. The molecule has 0 aliphatic rings. The molecule has 3 heteroatoms. The molecule has 0 aliphatic heterocycles. The van der Waals surface area contributed by atoms with Crippen LogP contribution in [-0.4, -0.2) is 12.2 Å². The lowest BCUT2D eigenvalue weighted by atomic mass is 10.0. The van der Waals surface area contributed by atoms with Crippen molar-refractivity contribution in [1.82, 2.24) is 0 Å². The van der Waals surface area contributed by atoms with Gasteiger partial charge < -0.3 is 9.84 Å². The summed E-state index contributed by atoms with van der Waals surface area (Å²) in [5.41, 5.74) is 2.26. The van der Waals surface area contributed by atoms with Gasteiger partial charge in [0.15, 0.2) is 0 Å². The Morgan fingerprint density at radius 1 is 1.10 bits per heavy atom. The van der Waals surface area contributed by atoms with Crippen molar-refractivity contribution in [3.05, 3.63) is 65.0 Å². The van der Waals surface area contributed by atoms with Gasteiger partial charge in [-0.3, -0.25) is 0 Å². The van der Waals surface area contributed by atoms with Crippen LogP contribution >= 0.6 is 11.3 Å². The van der Waals surface area contributed by atoms with Crippen LogP contribution in [0.4, 0.5) is 0 Å². The third-order valence-corrected chi connectivity index (χ3v) is 4.72. The molecule has 0 fully saturated rings. The van der Waals surface area contributed by atoms with Crippen LogP contribution in [-0.2, 0) is 6.42 Å². The standard InChI is InChI=1S/C18H18O2S/c1-20-14-9-6-13(7-10-14)8-11-17(19)16-12-21-18-5-3-2-4-15(16)18/h2-7,9-10,12,17,19H,8,11H2,1H3. The van der Waals surface area contributed by atoms with E-state index in [0.29, 0.717) is 0 Å². The molecule has 0 amide bonds. The van der Waals surface area contributed by atoms with E-state index in [0.717, 1.165) is 24.2 Å². The molecule has 1 unspecified atom stereocenters. The Bertz CT molecular complexity index is 715. The molecule has 0 spiro atoms. The fourth-order valence-electron chi connectivity index (χ4n) is 2.51. The first-order valence-corrected chi connectivity index (χ1v) is 7.93. The van der Waals surface area contributed by atoms with Gasteiger partial charge in [-0.25, -0.2) is 0 Å². The zero-order valence-corrected chi connectivity index (χ0v) is 12.8. The molecule has 2 aromatic carbocycles. The number of ether oxygens (including phenoxy) is 1. The van der Waals surface area contributed by atoms with E-state index in [1.54, 1.807) is 18.4 Å². The second-order valence-electron chi connectivity index (χ2n) is 5.09. The highest BCUT2D eigenvalue weighted by Crippen LogP contribution is 2.32. The highest BCUT2D eigenvalue weighted by Gasteiger charge is 2.12. The normalized spacial score (nSPS) is 12.5.